The number of benzene rings is 2. The van der Waals surface area contributed by atoms with Crippen LogP contribution in [-0.4, -0.2) is 25.1 Å². The predicted octanol–water partition coefficient (Wildman–Crippen LogP) is 3.89. The van der Waals surface area contributed by atoms with E-state index in [1.165, 1.54) is 0 Å². The Morgan fingerprint density at radius 2 is 1.76 bits per heavy atom. The molecule has 2 rings (SSSR count). The molecule has 132 valence electrons. The second-order valence-electron chi connectivity index (χ2n) is 5.74. The van der Waals surface area contributed by atoms with E-state index < -0.39 is 5.97 Å². The number of ether oxygens (including phenoxy) is 2. The van der Waals surface area contributed by atoms with Gasteiger partial charge in [-0.05, 0) is 61.7 Å². The number of anilines is 1. The normalized spacial score (nSPS) is 10.2. The van der Waals surface area contributed by atoms with Gasteiger partial charge in [-0.25, -0.2) is 4.79 Å². The van der Waals surface area contributed by atoms with Crippen LogP contribution in [0.5, 0.6) is 5.75 Å². The third-order valence-corrected chi connectivity index (χ3v) is 3.78. The Balaban J connectivity index is 1.86. The van der Waals surface area contributed by atoms with E-state index in [1.807, 2.05) is 39.0 Å². The maximum absolute atomic E-state index is 12.0. The first-order valence-electron chi connectivity index (χ1n) is 8.27. The Kier molecular flexibility index (Phi) is 6.57. The highest BCUT2D eigenvalue weighted by Crippen LogP contribution is 2.18. The van der Waals surface area contributed by atoms with Crippen molar-refractivity contribution >= 4 is 17.6 Å². The third-order valence-electron chi connectivity index (χ3n) is 3.78. The van der Waals surface area contributed by atoms with Crippen LogP contribution in [-0.2, 0) is 9.53 Å². The van der Waals surface area contributed by atoms with Gasteiger partial charge in [0.25, 0.3) is 5.91 Å². The van der Waals surface area contributed by atoms with Crippen LogP contribution in [0.2, 0.25) is 0 Å². The third kappa shape index (κ3) is 5.35. The lowest BCUT2D eigenvalue weighted by molar-refractivity contribution is -0.119. The van der Waals surface area contributed by atoms with Gasteiger partial charge in [0.15, 0.2) is 6.61 Å². The molecule has 0 radical (unpaired) electrons. The van der Waals surface area contributed by atoms with E-state index in [1.54, 1.807) is 24.3 Å². The molecule has 0 heterocycles. The monoisotopic (exact) mass is 341 g/mol. The molecule has 0 bridgehead atoms. The molecule has 0 aliphatic rings. The van der Waals surface area contributed by atoms with Crippen molar-refractivity contribution in [2.75, 3.05) is 18.5 Å². The quantitative estimate of drug-likeness (QED) is 0.776. The Morgan fingerprint density at radius 3 is 2.44 bits per heavy atom. The summed E-state index contributed by atoms with van der Waals surface area (Å²) in [4.78, 5) is 24.0. The summed E-state index contributed by atoms with van der Waals surface area (Å²) in [6.45, 7) is 6.22. The lowest BCUT2D eigenvalue weighted by atomic mass is 10.1. The van der Waals surface area contributed by atoms with E-state index in [0.29, 0.717) is 17.9 Å². The first-order valence-corrected chi connectivity index (χ1v) is 8.27. The molecule has 0 fully saturated rings. The van der Waals surface area contributed by atoms with Crippen molar-refractivity contribution in [2.45, 2.75) is 27.2 Å². The highest BCUT2D eigenvalue weighted by atomic mass is 16.5. The summed E-state index contributed by atoms with van der Waals surface area (Å²) in [6.07, 6.45) is 0.916. The van der Waals surface area contributed by atoms with Gasteiger partial charge in [0, 0.05) is 5.69 Å². The number of aryl methyl sites for hydroxylation is 1. The van der Waals surface area contributed by atoms with Gasteiger partial charge in [-0.3, -0.25) is 4.79 Å². The highest BCUT2D eigenvalue weighted by molar-refractivity contribution is 5.96. The minimum atomic E-state index is -0.543. The predicted molar refractivity (Wildman–Crippen MR) is 97.1 cm³/mol. The Bertz CT molecular complexity index is 738. The van der Waals surface area contributed by atoms with Crippen LogP contribution < -0.4 is 10.1 Å². The van der Waals surface area contributed by atoms with Crippen LogP contribution >= 0.6 is 0 Å². The zero-order valence-corrected chi connectivity index (χ0v) is 14.8. The molecule has 2 aromatic carbocycles. The molecule has 1 amide bonds. The summed E-state index contributed by atoms with van der Waals surface area (Å²) >= 11 is 0. The van der Waals surface area contributed by atoms with Gasteiger partial charge < -0.3 is 14.8 Å². The van der Waals surface area contributed by atoms with Crippen LogP contribution in [0.3, 0.4) is 0 Å². The first-order chi connectivity index (χ1) is 12.0. The molecule has 0 aromatic heterocycles. The molecule has 5 heteroatoms. The summed E-state index contributed by atoms with van der Waals surface area (Å²) in [5, 5.41) is 2.75. The molecule has 0 spiro atoms. The second kappa shape index (κ2) is 8.87. The summed E-state index contributed by atoms with van der Waals surface area (Å²) in [5.74, 6) is -0.214. The molecular formula is C20H23NO4. The van der Waals surface area contributed by atoms with Crippen molar-refractivity contribution in [2.24, 2.45) is 0 Å². The van der Waals surface area contributed by atoms with Crippen molar-refractivity contribution in [3.05, 3.63) is 59.2 Å². The largest absolute Gasteiger partial charge is 0.494 e. The van der Waals surface area contributed by atoms with Crippen molar-refractivity contribution in [3.8, 4) is 5.75 Å². The van der Waals surface area contributed by atoms with Gasteiger partial charge in [0.2, 0.25) is 0 Å². The Labute approximate surface area is 148 Å². The standard InChI is InChI=1S/C20H23NO4/c1-4-12-24-17-10-8-16(9-11-17)20(23)25-13-19(22)21-18-7-5-6-14(2)15(18)3/h5-11H,4,12-13H2,1-3H3,(H,21,22). The topological polar surface area (TPSA) is 64.6 Å². The number of carbonyl (C=O) groups excluding carboxylic acids is 2. The lowest BCUT2D eigenvalue weighted by Gasteiger charge is -2.11. The number of nitrogens with one attached hydrogen (secondary N) is 1. The second-order valence-corrected chi connectivity index (χ2v) is 5.74. The van der Waals surface area contributed by atoms with Crippen LogP contribution in [0.25, 0.3) is 0 Å². The van der Waals surface area contributed by atoms with E-state index in [4.69, 9.17) is 9.47 Å². The highest BCUT2D eigenvalue weighted by Gasteiger charge is 2.11. The van der Waals surface area contributed by atoms with Gasteiger partial charge in [-0.2, -0.15) is 0 Å². The number of amides is 1. The molecule has 0 unspecified atom stereocenters. The molecule has 1 N–H and O–H groups in total. The number of esters is 1. The summed E-state index contributed by atoms with van der Waals surface area (Å²) in [7, 11) is 0. The number of rotatable bonds is 7. The fraction of sp³-hybridized carbons (Fsp3) is 0.300. The van der Waals surface area contributed by atoms with Crippen LogP contribution in [0.1, 0.15) is 34.8 Å². The van der Waals surface area contributed by atoms with E-state index in [9.17, 15) is 9.59 Å². The van der Waals surface area contributed by atoms with Crippen molar-refractivity contribution in [1.82, 2.24) is 0 Å². The molecule has 25 heavy (non-hydrogen) atoms. The molecular weight excluding hydrogens is 318 g/mol. The van der Waals surface area contributed by atoms with Crippen molar-refractivity contribution in [1.29, 1.82) is 0 Å². The Hall–Kier alpha value is -2.82. The molecule has 5 nitrogen and oxygen atoms in total. The molecule has 0 aliphatic carbocycles. The van der Waals surface area contributed by atoms with E-state index >= 15 is 0 Å². The maximum atomic E-state index is 12.0. The number of hydrogen-bond acceptors (Lipinski definition) is 4. The maximum Gasteiger partial charge on any atom is 0.338 e. The average molecular weight is 341 g/mol. The molecule has 0 saturated carbocycles. The van der Waals surface area contributed by atoms with Gasteiger partial charge in [-0.1, -0.05) is 19.1 Å². The van der Waals surface area contributed by atoms with Gasteiger partial charge in [-0.15, -0.1) is 0 Å². The van der Waals surface area contributed by atoms with Crippen LogP contribution in [0.4, 0.5) is 5.69 Å². The zero-order valence-electron chi connectivity index (χ0n) is 14.8. The van der Waals surface area contributed by atoms with E-state index in [0.717, 1.165) is 23.2 Å². The van der Waals surface area contributed by atoms with Gasteiger partial charge in [0.1, 0.15) is 5.75 Å². The molecule has 0 saturated heterocycles. The number of hydrogen-bond donors (Lipinski definition) is 1. The average Bonchev–Trinajstić information content (AvgIpc) is 2.62. The van der Waals surface area contributed by atoms with Crippen LogP contribution in [0, 0.1) is 13.8 Å². The van der Waals surface area contributed by atoms with Crippen LogP contribution in [0.15, 0.2) is 42.5 Å². The number of carbonyl (C=O) groups is 2. The SMILES string of the molecule is CCCOc1ccc(C(=O)OCC(=O)Nc2cccc(C)c2C)cc1. The molecule has 0 aliphatic heterocycles. The first kappa shape index (κ1) is 18.5. The smallest absolute Gasteiger partial charge is 0.338 e. The minimum Gasteiger partial charge on any atom is -0.494 e. The van der Waals surface area contributed by atoms with E-state index in [2.05, 4.69) is 5.32 Å². The summed E-state index contributed by atoms with van der Waals surface area (Å²) < 4.78 is 10.5. The molecule has 0 atom stereocenters. The Morgan fingerprint density at radius 1 is 1.04 bits per heavy atom. The minimum absolute atomic E-state index is 0.333. The van der Waals surface area contributed by atoms with Gasteiger partial charge in [0.05, 0.1) is 12.2 Å². The fourth-order valence-corrected chi connectivity index (χ4v) is 2.19. The van der Waals surface area contributed by atoms with Gasteiger partial charge >= 0.3 is 5.97 Å². The van der Waals surface area contributed by atoms with Crippen molar-refractivity contribution < 1.29 is 19.1 Å². The summed E-state index contributed by atoms with van der Waals surface area (Å²) in [6, 6.07) is 12.3. The molecule has 2 aromatic rings. The zero-order chi connectivity index (χ0) is 18.2. The van der Waals surface area contributed by atoms with Crippen molar-refractivity contribution in [3.63, 3.8) is 0 Å². The summed E-state index contributed by atoms with van der Waals surface area (Å²) in [5.41, 5.74) is 3.17. The van der Waals surface area contributed by atoms with E-state index in [-0.39, 0.29) is 12.5 Å². The fourth-order valence-electron chi connectivity index (χ4n) is 2.19. The lowest BCUT2D eigenvalue weighted by Crippen LogP contribution is -2.21.